The van der Waals surface area contributed by atoms with Crippen molar-refractivity contribution in [3.8, 4) is 11.5 Å². The van der Waals surface area contributed by atoms with Crippen molar-refractivity contribution in [3.05, 3.63) is 58.9 Å². The van der Waals surface area contributed by atoms with Gasteiger partial charge >= 0.3 is 0 Å². The van der Waals surface area contributed by atoms with E-state index in [2.05, 4.69) is 0 Å². The Bertz CT molecular complexity index is 936. The highest BCUT2D eigenvalue weighted by Gasteiger charge is 2.55. The van der Waals surface area contributed by atoms with Gasteiger partial charge in [0.25, 0.3) is 0 Å². The molecule has 0 aromatic heterocycles. The van der Waals surface area contributed by atoms with E-state index in [1.807, 2.05) is 0 Å². The van der Waals surface area contributed by atoms with E-state index in [0.29, 0.717) is 30.3 Å². The van der Waals surface area contributed by atoms with Gasteiger partial charge in [0.15, 0.2) is 11.5 Å². The van der Waals surface area contributed by atoms with E-state index in [9.17, 15) is 24.8 Å². The number of benzene rings is 2. The van der Waals surface area contributed by atoms with Crippen LogP contribution in [-0.2, 0) is 21.7 Å². The molecule has 4 N–H and O–H groups in total. The van der Waals surface area contributed by atoms with Crippen molar-refractivity contribution in [2.75, 3.05) is 26.9 Å². The van der Waals surface area contributed by atoms with Gasteiger partial charge in [-0.25, -0.2) is 4.39 Å². The number of fused-ring (bicyclic) bond motifs is 1. The highest BCUT2D eigenvalue weighted by molar-refractivity contribution is 5.45. The van der Waals surface area contributed by atoms with Gasteiger partial charge in [0.2, 0.25) is 5.79 Å². The van der Waals surface area contributed by atoms with Gasteiger partial charge in [-0.15, -0.1) is 0 Å². The first-order valence-electron chi connectivity index (χ1n) is 9.95. The quantitative estimate of drug-likeness (QED) is 0.534. The third-order valence-electron chi connectivity index (χ3n) is 5.70. The number of aliphatic hydroxyl groups excluding tert-OH is 4. The summed E-state index contributed by atoms with van der Waals surface area (Å²) in [5.74, 6) is -1.16. The fraction of sp³-hybridized carbons (Fsp3) is 0.455. The zero-order chi connectivity index (χ0) is 22.2. The highest BCUT2D eigenvalue weighted by Crippen LogP contribution is 2.40. The lowest BCUT2D eigenvalue weighted by atomic mass is 9.87. The third kappa shape index (κ3) is 3.89. The Morgan fingerprint density at radius 3 is 2.48 bits per heavy atom. The lowest BCUT2D eigenvalue weighted by Crippen LogP contribution is -2.64. The fourth-order valence-electron chi connectivity index (χ4n) is 4.01. The van der Waals surface area contributed by atoms with E-state index in [1.165, 1.54) is 25.3 Å². The summed E-state index contributed by atoms with van der Waals surface area (Å²) >= 11 is 0. The SMILES string of the molecule is CO[C@@]1(c2ccc(F)c(Cc3ccc4c(c3)OCCO4)c2)O[C@H](CO)[C@@H](O)[C@H](O)[C@H]1O. The Balaban J connectivity index is 1.68. The molecule has 0 aliphatic carbocycles. The number of methoxy groups -OCH3 is 1. The van der Waals surface area contributed by atoms with Crippen LogP contribution in [0, 0.1) is 5.82 Å². The zero-order valence-electron chi connectivity index (χ0n) is 16.9. The molecule has 9 heteroatoms. The van der Waals surface area contributed by atoms with Crippen LogP contribution in [0.1, 0.15) is 16.7 Å². The fourth-order valence-corrected chi connectivity index (χ4v) is 4.01. The summed E-state index contributed by atoms with van der Waals surface area (Å²) in [4.78, 5) is 0. The molecule has 0 spiro atoms. The van der Waals surface area contributed by atoms with Gasteiger partial charge in [0, 0.05) is 19.1 Å². The zero-order valence-corrected chi connectivity index (χ0v) is 16.9. The minimum absolute atomic E-state index is 0.209. The molecule has 2 aromatic rings. The van der Waals surface area contributed by atoms with Gasteiger partial charge in [0.05, 0.1) is 6.61 Å². The van der Waals surface area contributed by atoms with Crippen molar-refractivity contribution in [3.63, 3.8) is 0 Å². The Morgan fingerprint density at radius 2 is 1.77 bits per heavy atom. The predicted molar refractivity (Wildman–Crippen MR) is 105 cm³/mol. The van der Waals surface area contributed by atoms with Crippen LogP contribution in [0.15, 0.2) is 36.4 Å². The maximum atomic E-state index is 14.6. The van der Waals surface area contributed by atoms with E-state index in [-0.39, 0.29) is 12.0 Å². The first kappa shape index (κ1) is 21.9. The van der Waals surface area contributed by atoms with Crippen LogP contribution >= 0.6 is 0 Å². The van der Waals surface area contributed by atoms with E-state index in [0.717, 1.165) is 5.56 Å². The van der Waals surface area contributed by atoms with Crippen molar-refractivity contribution in [2.45, 2.75) is 36.6 Å². The van der Waals surface area contributed by atoms with Crippen LogP contribution in [0.4, 0.5) is 4.39 Å². The highest BCUT2D eigenvalue weighted by atomic mass is 19.1. The van der Waals surface area contributed by atoms with Crippen molar-refractivity contribution in [1.82, 2.24) is 0 Å². The largest absolute Gasteiger partial charge is 0.486 e. The van der Waals surface area contributed by atoms with Crippen molar-refractivity contribution < 1.29 is 43.8 Å². The molecule has 0 unspecified atom stereocenters. The van der Waals surface area contributed by atoms with Crippen LogP contribution in [-0.4, -0.2) is 71.8 Å². The molecule has 2 aliphatic heterocycles. The van der Waals surface area contributed by atoms with Gasteiger partial charge < -0.3 is 39.4 Å². The molecule has 5 atom stereocenters. The van der Waals surface area contributed by atoms with E-state index >= 15 is 0 Å². The first-order valence-corrected chi connectivity index (χ1v) is 9.95. The molecule has 2 heterocycles. The van der Waals surface area contributed by atoms with Crippen LogP contribution in [0.5, 0.6) is 11.5 Å². The second-order valence-electron chi connectivity index (χ2n) is 7.60. The van der Waals surface area contributed by atoms with E-state index in [1.54, 1.807) is 18.2 Å². The predicted octanol–water partition coefficient (Wildman–Crippen LogP) is 0.461. The lowest BCUT2D eigenvalue weighted by Gasteiger charge is -2.47. The Hall–Kier alpha value is -2.27. The van der Waals surface area contributed by atoms with Gasteiger partial charge in [-0.1, -0.05) is 12.1 Å². The molecule has 0 saturated carbocycles. The summed E-state index contributed by atoms with van der Waals surface area (Å²) in [6, 6.07) is 9.40. The molecule has 2 aliphatic rings. The standard InChI is InChI=1S/C22H25FO8/c1-28-22(21(27)20(26)19(25)18(11-24)31-22)14-3-4-15(23)13(10-14)8-12-2-5-16-17(9-12)30-7-6-29-16/h2-5,9-10,18-21,24-27H,6-8,11H2,1H3/t18-,19-,20+,21-,22+/m1/s1. The van der Waals surface area contributed by atoms with E-state index in [4.69, 9.17) is 18.9 Å². The molecular weight excluding hydrogens is 411 g/mol. The second-order valence-corrected chi connectivity index (χ2v) is 7.60. The van der Waals surface area contributed by atoms with Gasteiger partial charge in [-0.05, 0) is 35.4 Å². The number of halogens is 1. The number of ether oxygens (including phenoxy) is 4. The molecule has 2 aromatic carbocycles. The monoisotopic (exact) mass is 436 g/mol. The average Bonchev–Trinajstić information content (AvgIpc) is 2.79. The molecule has 0 bridgehead atoms. The Labute approximate surface area is 178 Å². The summed E-state index contributed by atoms with van der Waals surface area (Å²) in [7, 11) is 1.26. The number of aliphatic hydroxyl groups is 4. The number of hydrogen-bond acceptors (Lipinski definition) is 8. The molecule has 4 rings (SSSR count). The number of hydrogen-bond donors (Lipinski definition) is 4. The normalized spacial score (nSPS) is 30.3. The summed E-state index contributed by atoms with van der Waals surface area (Å²) in [6.45, 7) is 0.299. The summed E-state index contributed by atoms with van der Waals surface area (Å²) in [5.41, 5.74) is 1.31. The first-order chi connectivity index (χ1) is 14.9. The van der Waals surface area contributed by atoms with E-state index < -0.39 is 42.6 Å². The summed E-state index contributed by atoms with van der Waals surface area (Å²) < 4.78 is 36.8. The molecule has 31 heavy (non-hydrogen) atoms. The van der Waals surface area contributed by atoms with Crippen LogP contribution in [0.2, 0.25) is 0 Å². The van der Waals surface area contributed by atoms with Crippen LogP contribution in [0.3, 0.4) is 0 Å². The molecule has 168 valence electrons. The molecule has 0 radical (unpaired) electrons. The topological polar surface area (TPSA) is 118 Å². The van der Waals surface area contributed by atoms with Crippen molar-refractivity contribution in [1.29, 1.82) is 0 Å². The van der Waals surface area contributed by atoms with Crippen LogP contribution in [0.25, 0.3) is 0 Å². The molecule has 0 amide bonds. The third-order valence-corrected chi connectivity index (χ3v) is 5.70. The van der Waals surface area contributed by atoms with Gasteiger partial charge in [-0.2, -0.15) is 0 Å². The second kappa shape index (κ2) is 8.70. The average molecular weight is 436 g/mol. The summed E-state index contributed by atoms with van der Waals surface area (Å²) in [6.07, 6.45) is -5.83. The molecule has 8 nitrogen and oxygen atoms in total. The maximum Gasteiger partial charge on any atom is 0.224 e. The molecule has 1 fully saturated rings. The van der Waals surface area contributed by atoms with Crippen molar-refractivity contribution in [2.24, 2.45) is 0 Å². The maximum absolute atomic E-state index is 14.6. The molecular formula is C22H25FO8. The molecule has 1 saturated heterocycles. The smallest absolute Gasteiger partial charge is 0.224 e. The lowest BCUT2D eigenvalue weighted by molar-refractivity contribution is -0.366. The van der Waals surface area contributed by atoms with Gasteiger partial charge in [0.1, 0.15) is 43.4 Å². The minimum atomic E-state index is -1.90. The Morgan fingerprint density at radius 1 is 1.03 bits per heavy atom. The minimum Gasteiger partial charge on any atom is -0.486 e. The number of rotatable bonds is 5. The Kier molecular flexibility index (Phi) is 6.16. The summed E-state index contributed by atoms with van der Waals surface area (Å²) in [5, 5.41) is 40.5. The van der Waals surface area contributed by atoms with Crippen molar-refractivity contribution >= 4 is 0 Å². The van der Waals surface area contributed by atoms with Crippen LogP contribution < -0.4 is 9.47 Å². The van der Waals surface area contributed by atoms with Gasteiger partial charge in [-0.3, -0.25) is 0 Å².